The maximum atomic E-state index is 14.0. The van der Waals surface area contributed by atoms with Gasteiger partial charge in [0.2, 0.25) is 5.91 Å². The van der Waals surface area contributed by atoms with E-state index in [1.807, 2.05) is 35.2 Å². The number of aromatic nitrogens is 1. The van der Waals surface area contributed by atoms with Crippen molar-refractivity contribution >= 4 is 12.0 Å². The van der Waals surface area contributed by atoms with Crippen LogP contribution in [0.25, 0.3) is 6.08 Å². The average molecular weight is 438 g/mol. The van der Waals surface area contributed by atoms with E-state index in [0.717, 1.165) is 63.1 Å². The predicted octanol–water partition coefficient (Wildman–Crippen LogP) is 4.15. The molecule has 0 radical (unpaired) electrons. The zero-order valence-electron chi connectivity index (χ0n) is 18.5. The highest BCUT2D eigenvalue weighted by Gasteiger charge is 2.26. The molecular weight excluding hydrogens is 405 g/mol. The monoisotopic (exact) mass is 437 g/mol. The van der Waals surface area contributed by atoms with E-state index in [2.05, 4.69) is 9.88 Å². The molecule has 1 atom stereocenters. The van der Waals surface area contributed by atoms with Crippen molar-refractivity contribution in [3.05, 3.63) is 71.8 Å². The number of hydrogen-bond donors (Lipinski definition) is 0. The lowest BCUT2D eigenvalue weighted by Crippen LogP contribution is -2.43. The number of benzene rings is 1. The largest absolute Gasteiger partial charge is 0.376 e. The Morgan fingerprint density at radius 3 is 2.62 bits per heavy atom. The van der Waals surface area contributed by atoms with Gasteiger partial charge in [-0.15, -0.1) is 0 Å². The van der Waals surface area contributed by atoms with Crippen LogP contribution < -0.4 is 0 Å². The molecule has 0 saturated carbocycles. The van der Waals surface area contributed by atoms with Crippen molar-refractivity contribution in [1.29, 1.82) is 0 Å². The maximum Gasteiger partial charge on any atom is 0.246 e. The van der Waals surface area contributed by atoms with E-state index < -0.39 is 0 Å². The second kappa shape index (κ2) is 11.3. The van der Waals surface area contributed by atoms with E-state index >= 15 is 0 Å². The highest BCUT2D eigenvalue weighted by Crippen LogP contribution is 2.22. The summed E-state index contributed by atoms with van der Waals surface area (Å²) in [7, 11) is 0. The van der Waals surface area contributed by atoms with Crippen LogP contribution in [0.15, 0.2) is 54.9 Å². The molecule has 0 bridgehead atoms. The zero-order valence-corrected chi connectivity index (χ0v) is 18.5. The molecular formula is C26H32FN3O2. The lowest BCUT2D eigenvalue weighted by molar-refractivity contribution is -0.128. The SMILES string of the molecule is O=C(C=Cc1ccncc1)N(CC1CCN(Cc2ccccc2F)CC1)CC1CCCO1. The third-order valence-electron chi connectivity index (χ3n) is 6.42. The van der Waals surface area contributed by atoms with E-state index in [9.17, 15) is 9.18 Å². The number of likely N-dealkylation sites (tertiary alicyclic amines) is 1. The van der Waals surface area contributed by atoms with Crippen LogP contribution in [0.4, 0.5) is 4.39 Å². The van der Waals surface area contributed by atoms with Gasteiger partial charge in [-0.3, -0.25) is 14.7 Å². The summed E-state index contributed by atoms with van der Waals surface area (Å²) in [5.74, 6) is 0.349. The van der Waals surface area contributed by atoms with Gasteiger partial charge in [0.15, 0.2) is 0 Å². The van der Waals surface area contributed by atoms with Gasteiger partial charge in [-0.2, -0.15) is 0 Å². The lowest BCUT2D eigenvalue weighted by Gasteiger charge is -2.35. The van der Waals surface area contributed by atoms with Crippen LogP contribution in [-0.4, -0.2) is 59.6 Å². The molecule has 2 fully saturated rings. The van der Waals surface area contributed by atoms with Crippen LogP contribution in [0.1, 0.15) is 36.8 Å². The van der Waals surface area contributed by atoms with Gasteiger partial charge in [-0.05, 0) is 74.5 Å². The average Bonchev–Trinajstić information content (AvgIpc) is 3.34. The van der Waals surface area contributed by atoms with Gasteiger partial charge < -0.3 is 9.64 Å². The van der Waals surface area contributed by atoms with E-state index in [4.69, 9.17) is 4.74 Å². The number of carbonyl (C=O) groups is 1. The Hall–Kier alpha value is -2.57. The number of amides is 1. The van der Waals surface area contributed by atoms with E-state index in [1.165, 1.54) is 6.07 Å². The minimum absolute atomic E-state index is 0.0334. The van der Waals surface area contributed by atoms with Gasteiger partial charge in [-0.25, -0.2) is 4.39 Å². The lowest BCUT2D eigenvalue weighted by atomic mass is 9.95. The molecule has 0 aliphatic carbocycles. The molecule has 2 saturated heterocycles. The standard InChI is InChI=1S/C26H32FN3O2/c27-25-6-2-1-4-23(25)19-29-15-11-22(12-16-29)18-30(20-24-5-3-17-32-24)26(31)8-7-21-9-13-28-14-10-21/h1-2,4,6-10,13-14,22,24H,3,5,11-12,15-20H2. The first kappa shape index (κ1) is 22.6. The van der Waals surface area contributed by atoms with Crippen molar-refractivity contribution in [1.82, 2.24) is 14.8 Å². The summed E-state index contributed by atoms with van der Waals surface area (Å²) >= 11 is 0. The quantitative estimate of drug-likeness (QED) is 0.582. The summed E-state index contributed by atoms with van der Waals surface area (Å²) < 4.78 is 19.8. The number of piperidine rings is 1. The Labute approximate surface area is 189 Å². The molecule has 1 aromatic heterocycles. The number of carbonyl (C=O) groups excluding carboxylic acids is 1. The Morgan fingerprint density at radius 2 is 1.91 bits per heavy atom. The summed E-state index contributed by atoms with van der Waals surface area (Å²) in [4.78, 5) is 21.3. The summed E-state index contributed by atoms with van der Waals surface area (Å²) in [6.45, 7) is 4.67. The van der Waals surface area contributed by atoms with Crippen LogP contribution >= 0.6 is 0 Å². The third kappa shape index (κ3) is 6.47. The summed E-state index contributed by atoms with van der Waals surface area (Å²) in [5.41, 5.74) is 1.72. The first-order valence-electron chi connectivity index (χ1n) is 11.6. The minimum Gasteiger partial charge on any atom is -0.376 e. The number of pyridine rings is 1. The molecule has 3 heterocycles. The maximum absolute atomic E-state index is 14.0. The van der Waals surface area contributed by atoms with Crippen molar-refractivity contribution in [2.24, 2.45) is 5.92 Å². The van der Waals surface area contributed by atoms with E-state index in [0.29, 0.717) is 19.0 Å². The molecule has 6 heteroatoms. The minimum atomic E-state index is -0.135. The highest BCUT2D eigenvalue weighted by atomic mass is 19.1. The molecule has 4 rings (SSSR count). The number of nitrogens with zero attached hydrogens (tertiary/aromatic N) is 3. The molecule has 2 aromatic rings. The van der Waals surface area contributed by atoms with Gasteiger partial charge in [0.05, 0.1) is 6.10 Å². The molecule has 5 nitrogen and oxygen atoms in total. The fraction of sp³-hybridized carbons (Fsp3) is 0.462. The molecule has 1 aromatic carbocycles. The van der Waals surface area contributed by atoms with Crippen molar-refractivity contribution in [2.45, 2.75) is 38.3 Å². The van der Waals surface area contributed by atoms with Crippen molar-refractivity contribution in [3.63, 3.8) is 0 Å². The molecule has 170 valence electrons. The Balaban J connectivity index is 1.33. The second-order valence-electron chi connectivity index (χ2n) is 8.80. The summed E-state index contributed by atoms with van der Waals surface area (Å²) in [6.07, 6.45) is 11.2. The molecule has 0 N–H and O–H groups in total. The first-order chi connectivity index (χ1) is 15.7. The fourth-order valence-electron chi connectivity index (χ4n) is 4.54. The molecule has 2 aliphatic rings. The predicted molar refractivity (Wildman–Crippen MR) is 123 cm³/mol. The Morgan fingerprint density at radius 1 is 1.12 bits per heavy atom. The number of hydrogen-bond acceptors (Lipinski definition) is 4. The normalized spacial score (nSPS) is 20.1. The number of halogens is 1. The van der Waals surface area contributed by atoms with Crippen molar-refractivity contribution < 1.29 is 13.9 Å². The third-order valence-corrected chi connectivity index (χ3v) is 6.42. The Kier molecular flexibility index (Phi) is 8.02. The number of rotatable bonds is 8. The summed E-state index contributed by atoms with van der Waals surface area (Å²) in [5, 5.41) is 0. The zero-order chi connectivity index (χ0) is 22.2. The highest BCUT2D eigenvalue weighted by molar-refractivity contribution is 5.91. The molecule has 1 unspecified atom stereocenters. The molecule has 1 amide bonds. The van der Waals surface area contributed by atoms with Crippen molar-refractivity contribution in [3.8, 4) is 0 Å². The Bertz CT molecular complexity index is 891. The second-order valence-corrected chi connectivity index (χ2v) is 8.80. The van der Waals surface area contributed by atoms with Crippen LogP contribution in [-0.2, 0) is 16.1 Å². The topological polar surface area (TPSA) is 45.7 Å². The molecule has 32 heavy (non-hydrogen) atoms. The van der Waals surface area contributed by atoms with Crippen LogP contribution in [0.2, 0.25) is 0 Å². The fourth-order valence-corrected chi connectivity index (χ4v) is 4.54. The van der Waals surface area contributed by atoms with Gasteiger partial charge >= 0.3 is 0 Å². The smallest absolute Gasteiger partial charge is 0.246 e. The van der Waals surface area contributed by atoms with Crippen LogP contribution in [0.3, 0.4) is 0 Å². The molecule has 0 spiro atoms. The van der Waals surface area contributed by atoms with Crippen LogP contribution in [0.5, 0.6) is 0 Å². The van der Waals surface area contributed by atoms with Gasteiger partial charge in [0.25, 0.3) is 0 Å². The van der Waals surface area contributed by atoms with Gasteiger partial charge in [0, 0.05) is 50.3 Å². The van der Waals surface area contributed by atoms with E-state index in [-0.39, 0.29) is 17.8 Å². The van der Waals surface area contributed by atoms with Crippen LogP contribution in [0, 0.1) is 11.7 Å². The van der Waals surface area contributed by atoms with Gasteiger partial charge in [-0.1, -0.05) is 18.2 Å². The first-order valence-corrected chi connectivity index (χ1v) is 11.6. The van der Waals surface area contributed by atoms with E-state index in [1.54, 1.807) is 24.5 Å². The van der Waals surface area contributed by atoms with Gasteiger partial charge in [0.1, 0.15) is 5.82 Å². The molecule has 2 aliphatic heterocycles. The number of ether oxygens (including phenoxy) is 1. The van der Waals surface area contributed by atoms with Crippen molar-refractivity contribution in [2.75, 3.05) is 32.8 Å². The summed E-state index contributed by atoms with van der Waals surface area (Å²) in [6, 6.07) is 10.8.